The summed E-state index contributed by atoms with van der Waals surface area (Å²) in [6, 6.07) is 2.61. The highest BCUT2D eigenvalue weighted by Gasteiger charge is 2.35. The Hall–Kier alpha value is -2.61. The van der Waals surface area contributed by atoms with E-state index in [4.69, 9.17) is 9.47 Å². The maximum atomic E-state index is 12.5. The molecule has 26 heavy (non-hydrogen) atoms. The molecular weight excluding hydrogens is 404 g/mol. The Bertz CT molecular complexity index is 788. The molecule has 4 amide bonds. The average molecular weight is 423 g/mol. The molecule has 0 radical (unpaired) electrons. The number of benzene rings is 1. The summed E-state index contributed by atoms with van der Waals surface area (Å²) in [6.45, 7) is 8.09. The molecule has 0 unspecified atom stereocenters. The number of urea groups is 1. The Balaban J connectivity index is 2.46. The lowest BCUT2D eigenvalue weighted by Gasteiger charge is -2.25. The Morgan fingerprint density at radius 1 is 1.19 bits per heavy atom. The zero-order valence-electron chi connectivity index (χ0n) is 14.5. The van der Waals surface area contributed by atoms with Gasteiger partial charge in [0.25, 0.3) is 11.8 Å². The lowest BCUT2D eigenvalue weighted by atomic mass is 10.1. The van der Waals surface area contributed by atoms with Crippen LogP contribution in [0.4, 0.5) is 4.79 Å². The Morgan fingerprint density at radius 3 is 2.50 bits per heavy atom. The van der Waals surface area contributed by atoms with Gasteiger partial charge in [-0.25, -0.2) is 4.79 Å². The topological polar surface area (TPSA) is 84.9 Å². The zero-order chi connectivity index (χ0) is 19.3. The van der Waals surface area contributed by atoms with Crippen molar-refractivity contribution in [3.63, 3.8) is 0 Å². The first kappa shape index (κ1) is 19.7. The number of ether oxygens (including phenoxy) is 2. The van der Waals surface area contributed by atoms with E-state index in [2.05, 4.69) is 27.8 Å². The van der Waals surface area contributed by atoms with Crippen LogP contribution in [0.15, 0.2) is 34.8 Å². The van der Waals surface area contributed by atoms with E-state index < -0.39 is 17.8 Å². The van der Waals surface area contributed by atoms with Crippen molar-refractivity contribution in [1.82, 2.24) is 10.2 Å². The number of nitrogens with zero attached hydrogens (tertiary/aromatic N) is 1. The van der Waals surface area contributed by atoms with Gasteiger partial charge in [-0.15, -0.1) is 6.58 Å². The molecule has 1 aromatic carbocycles. The Labute approximate surface area is 159 Å². The second-order valence-corrected chi connectivity index (χ2v) is 6.07. The maximum absolute atomic E-state index is 12.5. The highest BCUT2D eigenvalue weighted by atomic mass is 79.9. The lowest BCUT2D eigenvalue weighted by molar-refractivity contribution is -0.129. The molecule has 1 aliphatic rings. The van der Waals surface area contributed by atoms with E-state index in [1.54, 1.807) is 12.1 Å². The van der Waals surface area contributed by atoms with Crippen LogP contribution in [0.2, 0.25) is 0 Å². The second-order valence-electron chi connectivity index (χ2n) is 5.22. The van der Waals surface area contributed by atoms with Gasteiger partial charge in [0.1, 0.15) is 5.57 Å². The van der Waals surface area contributed by atoms with Gasteiger partial charge in [-0.1, -0.05) is 6.08 Å². The molecule has 8 heteroatoms. The molecule has 138 valence electrons. The Morgan fingerprint density at radius 2 is 1.88 bits per heavy atom. The predicted octanol–water partition coefficient (Wildman–Crippen LogP) is 2.89. The summed E-state index contributed by atoms with van der Waals surface area (Å²) < 4.78 is 11.8. The fourth-order valence-corrected chi connectivity index (χ4v) is 2.95. The number of carbonyl (C=O) groups excluding carboxylic acids is 3. The molecule has 1 saturated heterocycles. The third-order valence-corrected chi connectivity index (χ3v) is 4.02. The number of nitrogens with one attached hydrogen (secondary N) is 1. The van der Waals surface area contributed by atoms with Gasteiger partial charge >= 0.3 is 6.03 Å². The molecule has 1 heterocycles. The fraction of sp³-hybridized carbons (Fsp3) is 0.278. The van der Waals surface area contributed by atoms with Crippen molar-refractivity contribution in [1.29, 1.82) is 0 Å². The molecule has 1 fully saturated rings. The minimum Gasteiger partial charge on any atom is -0.490 e. The SMILES string of the molecule is C=CCN1C(=O)NC(=O)C(=Cc2cc(Br)c(OCC)c(OCC)c2)C1=O. The number of hydrogen-bond donors (Lipinski definition) is 1. The number of rotatable bonds is 7. The van der Waals surface area contributed by atoms with E-state index in [0.29, 0.717) is 34.7 Å². The van der Waals surface area contributed by atoms with E-state index >= 15 is 0 Å². The molecule has 0 atom stereocenters. The van der Waals surface area contributed by atoms with Gasteiger partial charge in [0, 0.05) is 6.54 Å². The standard InChI is InChI=1S/C18H19BrN2O5/c1-4-7-21-17(23)12(16(22)20-18(21)24)8-11-9-13(19)15(26-6-3)14(10-11)25-5-2/h4,8-10H,1,5-7H2,2-3H3,(H,20,22,24). The third-order valence-electron chi connectivity index (χ3n) is 3.43. The molecule has 1 aliphatic heterocycles. The van der Waals surface area contributed by atoms with Crippen LogP contribution in [0.25, 0.3) is 6.08 Å². The molecule has 0 bridgehead atoms. The number of hydrogen-bond acceptors (Lipinski definition) is 5. The van der Waals surface area contributed by atoms with Gasteiger partial charge in [-0.3, -0.25) is 19.8 Å². The van der Waals surface area contributed by atoms with Crippen molar-refractivity contribution in [2.75, 3.05) is 19.8 Å². The van der Waals surface area contributed by atoms with Crippen molar-refractivity contribution >= 4 is 39.9 Å². The summed E-state index contributed by atoms with van der Waals surface area (Å²) in [4.78, 5) is 37.2. The summed E-state index contributed by atoms with van der Waals surface area (Å²) in [5, 5.41) is 2.14. The monoisotopic (exact) mass is 422 g/mol. The molecule has 2 rings (SSSR count). The largest absolute Gasteiger partial charge is 0.490 e. The highest BCUT2D eigenvalue weighted by Crippen LogP contribution is 2.37. The molecular formula is C18H19BrN2O5. The van der Waals surface area contributed by atoms with Gasteiger partial charge in [0.2, 0.25) is 0 Å². The van der Waals surface area contributed by atoms with Gasteiger partial charge in [-0.2, -0.15) is 0 Å². The lowest BCUT2D eigenvalue weighted by Crippen LogP contribution is -2.54. The number of imide groups is 2. The average Bonchev–Trinajstić information content (AvgIpc) is 2.58. The molecule has 0 aromatic heterocycles. The van der Waals surface area contributed by atoms with Crippen LogP contribution in [0.5, 0.6) is 11.5 Å². The van der Waals surface area contributed by atoms with Crippen molar-refractivity contribution in [2.24, 2.45) is 0 Å². The molecule has 1 aromatic rings. The van der Waals surface area contributed by atoms with Gasteiger partial charge < -0.3 is 9.47 Å². The molecule has 0 spiro atoms. The number of halogens is 1. The first-order valence-corrected chi connectivity index (χ1v) is 8.81. The van der Waals surface area contributed by atoms with E-state index in [0.717, 1.165) is 4.90 Å². The van der Waals surface area contributed by atoms with E-state index in [-0.39, 0.29) is 12.1 Å². The van der Waals surface area contributed by atoms with Crippen LogP contribution in [0, 0.1) is 0 Å². The number of carbonyl (C=O) groups is 3. The maximum Gasteiger partial charge on any atom is 0.331 e. The van der Waals surface area contributed by atoms with E-state index in [1.165, 1.54) is 12.2 Å². The minimum absolute atomic E-state index is 0.00640. The fourth-order valence-electron chi connectivity index (χ4n) is 2.37. The third kappa shape index (κ3) is 4.13. The van der Waals surface area contributed by atoms with Crippen LogP contribution < -0.4 is 14.8 Å². The quantitative estimate of drug-likeness (QED) is 0.414. The zero-order valence-corrected chi connectivity index (χ0v) is 16.1. The minimum atomic E-state index is -0.764. The highest BCUT2D eigenvalue weighted by molar-refractivity contribution is 9.10. The van der Waals surface area contributed by atoms with Crippen molar-refractivity contribution < 1.29 is 23.9 Å². The molecule has 0 aliphatic carbocycles. The van der Waals surface area contributed by atoms with Crippen molar-refractivity contribution in [3.05, 3.63) is 40.4 Å². The Kier molecular flexibility index (Phi) is 6.57. The molecule has 1 N–H and O–H groups in total. The number of barbiturate groups is 1. The summed E-state index contributed by atoms with van der Waals surface area (Å²) in [6.07, 6.45) is 2.81. The summed E-state index contributed by atoms with van der Waals surface area (Å²) in [7, 11) is 0. The van der Waals surface area contributed by atoms with Crippen LogP contribution in [-0.2, 0) is 9.59 Å². The molecule has 7 nitrogen and oxygen atoms in total. The molecule has 0 saturated carbocycles. The summed E-state index contributed by atoms with van der Waals surface area (Å²) >= 11 is 3.41. The first-order chi connectivity index (χ1) is 12.4. The van der Waals surface area contributed by atoms with Crippen LogP contribution >= 0.6 is 15.9 Å². The second kappa shape index (κ2) is 8.66. The van der Waals surface area contributed by atoms with Gasteiger partial charge in [0.05, 0.1) is 17.7 Å². The van der Waals surface area contributed by atoms with E-state index in [1.807, 2.05) is 13.8 Å². The van der Waals surface area contributed by atoms with Gasteiger partial charge in [-0.05, 0) is 53.5 Å². The summed E-state index contributed by atoms with van der Waals surface area (Å²) in [5.74, 6) is -0.400. The normalized spacial score (nSPS) is 15.9. The number of amides is 4. The smallest absolute Gasteiger partial charge is 0.331 e. The predicted molar refractivity (Wildman–Crippen MR) is 99.9 cm³/mol. The van der Waals surface area contributed by atoms with E-state index in [9.17, 15) is 14.4 Å². The van der Waals surface area contributed by atoms with Crippen LogP contribution in [-0.4, -0.2) is 42.5 Å². The van der Waals surface area contributed by atoms with Crippen molar-refractivity contribution in [2.45, 2.75) is 13.8 Å². The first-order valence-electron chi connectivity index (χ1n) is 8.01. The van der Waals surface area contributed by atoms with Crippen LogP contribution in [0.1, 0.15) is 19.4 Å². The van der Waals surface area contributed by atoms with Crippen LogP contribution in [0.3, 0.4) is 0 Å². The summed E-state index contributed by atoms with van der Waals surface area (Å²) in [5.41, 5.74) is 0.403. The van der Waals surface area contributed by atoms with Gasteiger partial charge in [0.15, 0.2) is 11.5 Å². The van der Waals surface area contributed by atoms with Crippen molar-refractivity contribution in [3.8, 4) is 11.5 Å².